The summed E-state index contributed by atoms with van der Waals surface area (Å²) in [5.41, 5.74) is 1.77. The molecule has 0 saturated carbocycles. The van der Waals surface area contributed by atoms with Crippen molar-refractivity contribution in [2.45, 2.75) is 17.9 Å². The minimum Gasteiger partial charge on any atom is -0.508 e. The summed E-state index contributed by atoms with van der Waals surface area (Å²) < 4.78 is 39.4. The highest BCUT2D eigenvalue weighted by Crippen LogP contribution is 2.27. The summed E-state index contributed by atoms with van der Waals surface area (Å²) in [7, 11) is -3.79. The molecule has 2 heterocycles. The van der Waals surface area contributed by atoms with E-state index in [1.165, 1.54) is 4.31 Å². The fourth-order valence-electron chi connectivity index (χ4n) is 2.41. The first kappa shape index (κ1) is 14.0. The molecule has 21 heavy (non-hydrogen) atoms. The summed E-state index contributed by atoms with van der Waals surface area (Å²) in [5, 5.41) is 9.50. The predicted octanol–water partition coefficient (Wildman–Crippen LogP) is 1.67. The lowest BCUT2D eigenvalue weighted by atomic mass is 10.0. The highest BCUT2D eigenvalue weighted by atomic mass is 32.2. The van der Waals surface area contributed by atoms with Gasteiger partial charge in [0, 0.05) is 19.3 Å². The molecule has 0 amide bonds. The summed E-state index contributed by atoms with van der Waals surface area (Å²) in [5.74, 6) is -0.591. The third kappa shape index (κ3) is 2.62. The molecule has 0 saturated heterocycles. The van der Waals surface area contributed by atoms with Crippen LogP contribution in [0, 0.1) is 5.82 Å². The van der Waals surface area contributed by atoms with E-state index in [1.54, 1.807) is 18.2 Å². The number of phenolic OH excluding ortho intramolecular Hbond substituents is 1. The third-order valence-electron chi connectivity index (χ3n) is 3.48. The quantitative estimate of drug-likeness (QED) is 0.916. The van der Waals surface area contributed by atoms with Gasteiger partial charge in [0.2, 0.25) is 10.0 Å². The second-order valence-corrected chi connectivity index (χ2v) is 6.82. The van der Waals surface area contributed by atoms with Crippen LogP contribution in [0.4, 0.5) is 4.39 Å². The van der Waals surface area contributed by atoms with E-state index in [0.717, 1.165) is 29.6 Å². The number of aromatic hydroxyl groups is 1. The van der Waals surface area contributed by atoms with Crippen molar-refractivity contribution >= 4 is 10.0 Å². The van der Waals surface area contributed by atoms with Gasteiger partial charge in [0.1, 0.15) is 16.5 Å². The number of rotatable bonds is 2. The number of phenols is 1. The number of nitrogens with zero attached hydrogens (tertiary/aromatic N) is 2. The van der Waals surface area contributed by atoms with Gasteiger partial charge < -0.3 is 5.11 Å². The van der Waals surface area contributed by atoms with Crippen molar-refractivity contribution in [3.8, 4) is 5.75 Å². The largest absolute Gasteiger partial charge is 0.508 e. The monoisotopic (exact) mass is 308 g/mol. The first-order valence-corrected chi connectivity index (χ1v) is 7.82. The van der Waals surface area contributed by atoms with E-state index in [9.17, 15) is 17.9 Å². The Hall–Kier alpha value is -1.99. The zero-order chi connectivity index (χ0) is 15.0. The lowest BCUT2D eigenvalue weighted by Crippen LogP contribution is -2.36. The normalized spacial score (nSPS) is 15.7. The van der Waals surface area contributed by atoms with Crippen LogP contribution in [0.1, 0.15) is 11.1 Å². The molecule has 0 spiro atoms. The average Bonchev–Trinajstić information content (AvgIpc) is 2.46. The zero-order valence-corrected chi connectivity index (χ0v) is 11.8. The molecule has 0 aliphatic carbocycles. The molecule has 0 atom stereocenters. The second-order valence-electron chi connectivity index (χ2n) is 4.88. The number of hydrogen-bond acceptors (Lipinski definition) is 4. The maximum atomic E-state index is 13.2. The Kier molecular flexibility index (Phi) is 3.38. The molecule has 0 unspecified atom stereocenters. The van der Waals surface area contributed by atoms with Gasteiger partial charge in [-0.05, 0) is 35.7 Å². The molecule has 2 aromatic rings. The standard InChI is InChI=1S/C14H13FN2O3S/c15-12-6-14(8-16-7-12)21(19,20)17-4-3-10-1-2-13(18)5-11(10)9-17/h1-2,5-8,18H,3-4,9H2. The van der Waals surface area contributed by atoms with Crippen LogP contribution in [0.3, 0.4) is 0 Å². The molecule has 0 radical (unpaired) electrons. The van der Waals surface area contributed by atoms with E-state index in [-0.39, 0.29) is 17.2 Å². The number of hydrogen-bond donors (Lipinski definition) is 1. The summed E-state index contributed by atoms with van der Waals surface area (Å²) in [6.07, 6.45) is 2.65. The Balaban J connectivity index is 1.95. The van der Waals surface area contributed by atoms with E-state index >= 15 is 0 Å². The van der Waals surface area contributed by atoms with Crippen LogP contribution in [0.2, 0.25) is 0 Å². The second kappa shape index (κ2) is 5.09. The lowest BCUT2D eigenvalue weighted by Gasteiger charge is -2.28. The maximum Gasteiger partial charge on any atom is 0.245 e. The van der Waals surface area contributed by atoms with Gasteiger partial charge >= 0.3 is 0 Å². The molecule has 110 valence electrons. The third-order valence-corrected chi connectivity index (χ3v) is 5.30. The molecular weight excluding hydrogens is 295 g/mol. The van der Waals surface area contributed by atoms with Crippen molar-refractivity contribution in [2.75, 3.05) is 6.54 Å². The smallest absolute Gasteiger partial charge is 0.245 e. The molecule has 0 fully saturated rings. The van der Waals surface area contributed by atoms with Crippen LogP contribution in [0.15, 0.2) is 41.6 Å². The van der Waals surface area contributed by atoms with E-state index in [2.05, 4.69) is 4.98 Å². The van der Waals surface area contributed by atoms with Gasteiger partial charge in [0.15, 0.2) is 0 Å². The van der Waals surface area contributed by atoms with E-state index in [0.29, 0.717) is 13.0 Å². The van der Waals surface area contributed by atoms with Gasteiger partial charge in [-0.15, -0.1) is 0 Å². The molecule has 7 heteroatoms. The van der Waals surface area contributed by atoms with Gasteiger partial charge in [0.25, 0.3) is 0 Å². The average molecular weight is 308 g/mol. The molecule has 1 aromatic heterocycles. The molecule has 5 nitrogen and oxygen atoms in total. The van der Waals surface area contributed by atoms with Crippen molar-refractivity contribution < 1.29 is 17.9 Å². The highest BCUT2D eigenvalue weighted by Gasteiger charge is 2.29. The zero-order valence-electron chi connectivity index (χ0n) is 11.0. The first-order valence-electron chi connectivity index (χ1n) is 6.38. The Bertz CT molecular complexity index is 793. The van der Waals surface area contributed by atoms with Gasteiger partial charge in [0.05, 0.1) is 6.20 Å². The van der Waals surface area contributed by atoms with E-state index in [4.69, 9.17) is 0 Å². The van der Waals surface area contributed by atoms with Gasteiger partial charge in [-0.2, -0.15) is 4.31 Å². The molecule has 1 aliphatic rings. The Labute approximate surface area is 121 Å². The fourth-order valence-corrected chi connectivity index (χ4v) is 3.80. The van der Waals surface area contributed by atoms with Crippen molar-refractivity contribution in [3.63, 3.8) is 0 Å². The summed E-state index contributed by atoms with van der Waals surface area (Å²) >= 11 is 0. The first-order chi connectivity index (χ1) is 9.96. The van der Waals surface area contributed by atoms with Gasteiger partial charge in [-0.1, -0.05) is 6.07 Å². The van der Waals surface area contributed by atoms with Crippen LogP contribution in [-0.4, -0.2) is 29.4 Å². The van der Waals surface area contributed by atoms with Crippen LogP contribution in [0.5, 0.6) is 5.75 Å². The molecule has 1 aliphatic heterocycles. The number of halogens is 1. The maximum absolute atomic E-state index is 13.2. The highest BCUT2D eigenvalue weighted by molar-refractivity contribution is 7.89. The summed E-state index contributed by atoms with van der Waals surface area (Å²) in [4.78, 5) is 3.42. The van der Waals surface area contributed by atoms with Gasteiger partial charge in [-0.25, -0.2) is 12.8 Å². The number of pyridine rings is 1. The van der Waals surface area contributed by atoms with Gasteiger partial charge in [-0.3, -0.25) is 4.98 Å². The predicted molar refractivity (Wildman–Crippen MR) is 73.6 cm³/mol. The van der Waals surface area contributed by atoms with Crippen molar-refractivity contribution in [1.29, 1.82) is 0 Å². The fraction of sp³-hybridized carbons (Fsp3) is 0.214. The van der Waals surface area contributed by atoms with Crippen molar-refractivity contribution in [2.24, 2.45) is 0 Å². The SMILES string of the molecule is O=S(=O)(c1cncc(F)c1)N1CCc2ccc(O)cc2C1. The van der Waals surface area contributed by atoms with E-state index < -0.39 is 15.8 Å². The van der Waals surface area contributed by atoms with Crippen LogP contribution >= 0.6 is 0 Å². The molecule has 3 rings (SSSR count). The Morgan fingerprint density at radius 3 is 2.76 bits per heavy atom. The number of aromatic nitrogens is 1. The van der Waals surface area contributed by atoms with Crippen LogP contribution in [0.25, 0.3) is 0 Å². The number of fused-ring (bicyclic) bond motifs is 1. The summed E-state index contributed by atoms with van der Waals surface area (Å²) in [6.45, 7) is 0.471. The molecule has 0 bridgehead atoms. The molecular formula is C14H13FN2O3S. The Morgan fingerprint density at radius 1 is 1.19 bits per heavy atom. The van der Waals surface area contributed by atoms with E-state index in [1.807, 2.05) is 0 Å². The number of sulfonamides is 1. The summed E-state index contributed by atoms with van der Waals surface area (Å²) in [6, 6.07) is 5.89. The molecule has 1 N–H and O–H groups in total. The number of benzene rings is 1. The lowest BCUT2D eigenvalue weighted by molar-refractivity contribution is 0.388. The van der Waals surface area contributed by atoms with Crippen molar-refractivity contribution in [1.82, 2.24) is 9.29 Å². The van der Waals surface area contributed by atoms with Crippen molar-refractivity contribution in [3.05, 3.63) is 53.6 Å². The van der Waals surface area contributed by atoms with Crippen LogP contribution < -0.4 is 0 Å². The molecule has 1 aromatic carbocycles. The Morgan fingerprint density at radius 2 is 2.00 bits per heavy atom. The van der Waals surface area contributed by atoms with Crippen LogP contribution in [-0.2, 0) is 23.0 Å². The topological polar surface area (TPSA) is 70.5 Å². The minimum atomic E-state index is -3.79. The minimum absolute atomic E-state index is 0.0976.